The van der Waals surface area contributed by atoms with Crippen molar-refractivity contribution in [3.05, 3.63) is 71.8 Å². The Balaban J connectivity index is 2.20. The van der Waals surface area contributed by atoms with E-state index in [9.17, 15) is 5.26 Å². The molecule has 0 aliphatic rings. The van der Waals surface area contributed by atoms with Crippen LogP contribution in [0.2, 0.25) is 0 Å². The van der Waals surface area contributed by atoms with Crippen molar-refractivity contribution in [1.82, 2.24) is 0 Å². The van der Waals surface area contributed by atoms with Gasteiger partial charge in [0.25, 0.3) is 0 Å². The fourth-order valence-electron chi connectivity index (χ4n) is 2.48. The zero-order valence-corrected chi connectivity index (χ0v) is 11.4. The molecule has 0 fully saturated rings. The normalized spacial score (nSPS) is 15.7. The van der Waals surface area contributed by atoms with Crippen molar-refractivity contribution >= 4 is 0 Å². The zero-order chi connectivity index (χ0) is 13.7. The van der Waals surface area contributed by atoms with Gasteiger partial charge in [0.1, 0.15) is 5.60 Å². The van der Waals surface area contributed by atoms with Gasteiger partial charge in [-0.25, -0.2) is 4.89 Å². The van der Waals surface area contributed by atoms with E-state index in [1.54, 1.807) is 0 Å². The second-order valence-corrected chi connectivity index (χ2v) is 5.20. The first-order valence-electron chi connectivity index (χ1n) is 6.59. The van der Waals surface area contributed by atoms with Crippen LogP contribution in [0.1, 0.15) is 37.3 Å². The van der Waals surface area contributed by atoms with Crippen LogP contribution in [0.25, 0.3) is 0 Å². The van der Waals surface area contributed by atoms with Crippen molar-refractivity contribution in [3.63, 3.8) is 0 Å². The van der Waals surface area contributed by atoms with Crippen LogP contribution < -0.4 is 0 Å². The molecule has 0 bridgehead atoms. The summed E-state index contributed by atoms with van der Waals surface area (Å²) in [5, 5.41) is 9.33. The molecule has 2 atom stereocenters. The lowest BCUT2D eigenvalue weighted by Crippen LogP contribution is -2.26. The molecule has 0 saturated heterocycles. The molecule has 2 heteroatoms. The minimum atomic E-state index is -0.684. The summed E-state index contributed by atoms with van der Waals surface area (Å²) in [7, 11) is 0. The molecule has 1 N–H and O–H groups in total. The summed E-state index contributed by atoms with van der Waals surface area (Å²) in [5.74, 6) is 0.304. The van der Waals surface area contributed by atoms with Crippen LogP contribution in [-0.2, 0) is 10.5 Å². The maximum atomic E-state index is 9.33. The second-order valence-electron chi connectivity index (χ2n) is 5.20. The molecular weight excluding hydrogens is 236 g/mol. The highest BCUT2D eigenvalue weighted by Gasteiger charge is 2.30. The lowest BCUT2D eigenvalue weighted by atomic mass is 9.84. The summed E-state index contributed by atoms with van der Waals surface area (Å²) >= 11 is 0. The molecule has 100 valence electrons. The molecule has 2 nitrogen and oxygen atoms in total. The maximum Gasteiger partial charge on any atom is 0.126 e. The Kier molecular flexibility index (Phi) is 4.35. The Hall–Kier alpha value is -1.64. The van der Waals surface area contributed by atoms with Gasteiger partial charge in [0.15, 0.2) is 0 Å². The van der Waals surface area contributed by atoms with Gasteiger partial charge in [-0.3, -0.25) is 5.26 Å². The van der Waals surface area contributed by atoms with E-state index in [0.717, 1.165) is 12.0 Å². The lowest BCUT2D eigenvalue weighted by Gasteiger charge is -2.29. The zero-order valence-electron chi connectivity index (χ0n) is 11.4. The smallest absolute Gasteiger partial charge is 0.126 e. The fourth-order valence-corrected chi connectivity index (χ4v) is 2.48. The van der Waals surface area contributed by atoms with Gasteiger partial charge in [-0.15, -0.1) is 0 Å². The van der Waals surface area contributed by atoms with Crippen LogP contribution in [0, 0.1) is 0 Å². The topological polar surface area (TPSA) is 29.5 Å². The third kappa shape index (κ3) is 3.22. The average molecular weight is 256 g/mol. The molecular formula is C17H20O2. The van der Waals surface area contributed by atoms with Gasteiger partial charge in [0.2, 0.25) is 0 Å². The van der Waals surface area contributed by atoms with Gasteiger partial charge in [0, 0.05) is 0 Å². The van der Waals surface area contributed by atoms with Crippen LogP contribution in [0.3, 0.4) is 0 Å². The van der Waals surface area contributed by atoms with Crippen LogP contribution in [0.15, 0.2) is 60.7 Å². The van der Waals surface area contributed by atoms with Crippen molar-refractivity contribution in [3.8, 4) is 0 Å². The van der Waals surface area contributed by atoms with E-state index in [-0.39, 0.29) is 0 Å². The van der Waals surface area contributed by atoms with Crippen LogP contribution in [-0.4, -0.2) is 5.26 Å². The van der Waals surface area contributed by atoms with E-state index in [0.29, 0.717) is 5.92 Å². The largest absolute Gasteiger partial charge is 0.251 e. The van der Waals surface area contributed by atoms with Crippen molar-refractivity contribution in [1.29, 1.82) is 0 Å². The summed E-state index contributed by atoms with van der Waals surface area (Å²) < 4.78 is 0. The van der Waals surface area contributed by atoms with E-state index < -0.39 is 5.60 Å². The molecule has 0 aliphatic heterocycles. The van der Waals surface area contributed by atoms with Gasteiger partial charge in [-0.05, 0) is 30.4 Å². The van der Waals surface area contributed by atoms with Crippen molar-refractivity contribution in [2.45, 2.75) is 31.8 Å². The van der Waals surface area contributed by atoms with Crippen LogP contribution >= 0.6 is 0 Å². The Morgan fingerprint density at radius 3 is 2.05 bits per heavy atom. The molecule has 0 heterocycles. The third-order valence-electron chi connectivity index (χ3n) is 3.65. The van der Waals surface area contributed by atoms with E-state index in [2.05, 4.69) is 19.1 Å². The lowest BCUT2D eigenvalue weighted by molar-refractivity contribution is -0.326. The molecule has 2 aromatic carbocycles. The maximum absolute atomic E-state index is 9.33. The van der Waals surface area contributed by atoms with Crippen molar-refractivity contribution in [2.24, 2.45) is 0 Å². The first kappa shape index (κ1) is 13.8. The van der Waals surface area contributed by atoms with E-state index in [1.807, 2.05) is 55.5 Å². The van der Waals surface area contributed by atoms with Gasteiger partial charge >= 0.3 is 0 Å². The standard InChI is InChI=1S/C17H20O2/c1-14(15-9-5-3-6-10-15)13-17(2,19-18)16-11-7-4-8-12-16/h3-12,14,18H,13H2,1-2H3. The molecule has 0 aliphatic carbocycles. The molecule has 2 rings (SSSR count). The highest BCUT2D eigenvalue weighted by Crippen LogP contribution is 2.35. The van der Waals surface area contributed by atoms with Gasteiger partial charge in [-0.1, -0.05) is 67.6 Å². The molecule has 0 saturated carbocycles. The average Bonchev–Trinajstić information content (AvgIpc) is 2.49. The number of hydrogen-bond acceptors (Lipinski definition) is 2. The Bertz CT molecular complexity index is 495. The molecule has 0 radical (unpaired) electrons. The summed E-state index contributed by atoms with van der Waals surface area (Å²) in [6, 6.07) is 20.1. The van der Waals surface area contributed by atoms with E-state index in [4.69, 9.17) is 4.89 Å². The van der Waals surface area contributed by atoms with E-state index in [1.165, 1.54) is 5.56 Å². The second kappa shape index (κ2) is 6.00. The molecule has 2 aromatic rings. The summed E-state index contributed by atoms with van der Waals surface area (Å²) in [5.41, 5.74) is 1.55. The number of rotatable bonds is 5. The van der Waals surface area contributed by atoms with Gasteiger partial charge in [0.05, 0.1) is 0 Å². The number of benzene rings is 2. The fraction of sp³-hybridized carbons (Fsp3) is 0.294. The summed E-state index contributed by atoms with van der Waals surface area (Å²) in [4.78, 5) is 4.82. The predicted octanol–water partition coefficient (Wildman–Crippen LogP) is 4.59. The highest BCUT2D eigenvalue weighted by molar-refractivity contribution is 5.25. The van der Waals surface area contributed by atoms with Crippen LogP contribution in [0.5, 0.6) is 0 Å². The first-order valence-corrected chi connectivity index (χ1v) is 6.59. The molecule has 19 heavy (non-hydrogen) atoms. The molecule has 0 aromatic heterocycles. The molecule has 0 amide bonds. The summed E-state index contributed by atoms with van der Waals surface area (Å²) in [6.45, 7) is 4.07. The van der Waals surface area contributed by atoms with Crippen LogP contribution in [0.4, 0.5) is 0 Å². The Labute approximate surface area is 114 Å². The van der Waals surface area contributed by atoms with Gasteiger partial charge < -0.3 is 0 Å². The highest BCUT2D eigenvalue weighted by atomic mass is 17.1. The summed E-state index contributed by atoms with van der Waals surface area (Å²) in [6.07, 6.45) is 0.720. The monoisotopic (exact) mass is 256 g/mol. The van der Waals surface area contributed by atoms with Crippen molar-refractivity contribution < 1.29 is 10.1 Å². The Morgan fingerprint density at radius 2 is 1.53 bits per heavy atom. The SMILES string of the molecule is CC(CC(C)(OO)c1ccccc1)c1ccccc1. The first-order chi connectivity index (χ1) is 9.15. The third-order valence-corrected chi connectivity index (χ3v) is 3.65. The molecule has 0 spiro atoms. The minimum Gasteiger partial charge on any atom is -0.251 e. The van der Waals surface area contributed by atoms with Gasteiger partial charge in [-0.2, -0.15) is 0 Å². The molecule has 2 unspecified atom stereocenters. The Morgan fingerprint density at radius 1 is 1.00 bits per heavy atom. The minimum absolute atomic E-state index is 0.304. The van der Waals surface area contributed by atoms with E-state index >= 15 is 0 Å². The quantitative estimate of drug-likeness (QED) is 0.626. The predicted molar refractivity (Wildman–Crippen MR) is 77.0 cm³/mol. The van der Waals surface area contributed by atoms with Crippen molar-refractivity contribution in [2.75, 3.05) is 0 Å². The number of hydrogen-bond donors (Lipinski definition) is 1.